The molecule has 1 atom stereocenters. The molecule has 3 aromatic rings. The van der Waals surface area contributed by atoms with Crippen molar-refractivity contribution in [3.8, 4) is 11.3 Å². The third-order valence-corrected chi connectivity index (χ3v) is 5.42. The van der Waals surface area contributed by atoms with Gasteiger partial charge in [-0.3, -0.25) is 14.4 Å². The molecule has 0 fully saturated rings. The van der Waals surface area contributed by atoms with Crippen LogP contribution in [0.2, 0.25) is 0 Å². The van der Waals surface area contributed by atoms with Gasteiger partial charge < -0.3 is 20.5 Å². The van der Waals surface area contributed by atoms with Crippen molar-refractivity contribution in [2.45, 2.75) is 19.8 Å². The number of aromatic nitrogens is 2. The topological polar surface area (TPSA) is 107 Å². The van der Waals surface area contributed by atoms with E-state index in [-0.39, 0.29) is 24.0 Å². The van der Waals surface area contributed by atoms with Crippen LogP contribution in [0.25, 0.3) is 11.3 Å². The molecule has 164 valence electrons. The molecule has 32 heavy (non-hydrogen) atoms. The molecule has 8 heteroatoms. The number of fused-ring (bicyclic) bond motifs is 1. The average Bonchev–Trinajstić information content (AvgIpc) is 3.12. The lowest BCUT2D eigenvalue weighted by molar-refractivity contribution is -0.133. The molecule has 0 spiro atoms. The average molecular weight is 431 g/mol. The molecule has 0 saturated heterocycles. The summed E-state index contributed by atoms with van der Waals surface area (Å²) in [6, 6.07) is 13.2. The van der Waals surface area contributed by atoms with E-state index in [1.807, 2.05) is 36.4 Å². The number of aromatic amines is 1. The van der Waals surface area contributed by atoms with E-state index in [1.165, 1.54) is 11.8 Å². The molecule has 2 aromatic heterocycles. The lowest BCUT2D eigenvalue weighted by Gasteiger charge is -2.24. The second-order valence-corrected chi connectivity index (χ2v) is 8.09. The largest absolute Gasteiger partial charge is 0.356 e. The molecule has 1 aliphatic carbocycles. The summed E-state index contributed by atoms with van der Waals surface area (Å²) in [4.78, 5) is 46.3. The molecule has 1 aliphatic rings. The van der Waals surface area contributed by atoms with Gasteiger partial charge in [-0.1, -0.05) is 18.2 Å². The van der Waals surface area contributed by atoms with E-state index >= 15 is 0 Å². The van der Waals surface area contributed by atoms with Crippen LogP contribution < -0.4 is 10.6 Å². The minimum Gasteiger partial charge on any atom is -0.356 e. The molecular weight excluding hydrogens is 406 g/mol. The van der Waals surface area contributed by atoms with Crippen LogP contribution in [0.1, 0.15) is 29.4 Å². The van der Waals surface area contributed by atoms with Crippen LogP contribution >= 0.6 is 0 Å². The summed E-state index contributed by atoms with van der Waals surface area (Å²) in [5.74, 6) is -0.338. The molecule has 0 aliphatic heterocycles. The SMILES string of the molecule is CC(=O)Nc1cc(-c2[nH]c3c(c2Nc2ccccc2)C(=O)CC(C(=O)N(C)C)C3)ccn1. The molecule has 4 rings (SSSR count). The van der Waals surface area contributed by atoms with E-state index < -0.39 is 5.92 Å². The van der Waals surface area contributed by atoms with E-state index in [0.29, 0.717) is 29.2 Å². The standard InChI is InChI=1S/C24H25N5O3/c1-14(30)26-20-13-15(9-10-25-20)22-23(27-17-7-5-4-6-8-17)21-18(28-22)11-16(12-19(21)31)24(32)29(2)3/h4-10,13,16,27-28H,11-12H2,1-3H3,(H,25,26,30). The molecule has 2 heterocycles. The van der Waals surface area contributed by atoms with Gasteiger partial charge in [0.05, 0.1) is 22.9 Å². The monoisotopic (exact) mass is 431 g/mol. The molecule has 3 N–H and O–H groups in total. The first-order valence-electron chi connectivity index (χ1n) is 10.4. The van der Waals surface area contributed by atoms with Gasteiger partial charge in [-0.05, 0) is 24.3 Å². The van der Waals surface area contributed by atoms with E-state index in [9.17, 15) is 14.4 Å². The van der Waals surface area contributed by atoms with Gasteiger partial charge in [-0.2, -0.15) is 0 Å². The van der Waals surface area contributed by atoms with E-state index in [4.69, 9.17) is 0 Å². The number of benzene rings is 1. The number of carbonyl (C=O) groups is 3. The zero-order valence-corrected chi connectivity index (χ0v) is 18.2. The first-order chi connectivity index (χ1) is 15.3. The summed E-state index contributed by atoms with van der Waals surface area (Å²) in [5.41, 5.74) is 4.27. The van der Waals surface area contributed by atoms with Crippen LogP contribution in [-0.2, 0) is 16.0 Å². The molecular formula is C24H25N5O3. The Morgan fingerprint density at radius 2 is 1.88 bits per heavy atom. The number of carbonyl (C=O) groups excluding carboxylic acids is 3. The first-order valence-corrected chi connectivity index (χ1v) is 10.4. The van der Waals surface area contributed by atoms with Crippen molar-refractivity contribution in [1.29, 1.82) is 0 Å². The number of hydrogen-bond acceptors (Lipinski definition) is 5. The minimum absolute atomic E-state index is 0.0606. The predicted octanol–water partition coefficient (Wildman–Crippen LogP) is 3.61. The van der Waals surface area contributed by atoms with Gasteiger partial charge in [-0.15, -0.1) is 0 Å². The Labute approximate surface area is 186 Å². The molecule has 2 amide bonds. The van der Waals surface area contributed by atoms with E-state index in [2.05, 4.69) is 20.6 Å². The number of para-hydroxylation sites is 1. The summed E-state index contributed by atoms with van der Waals surface area (Å²) >= 11 is 0. The number of nitrogens with one attached hydrogen (secondary N) is 3. The van der Waals surface area contributed by atoms with Crippen LogP contribution in [-0.4, -0.2) is 46.6 Å². The highest BCUT2D eigenvalue weighted by molar-refractivity contribution is 6.09. The van der Waals surface area contributed by atoms with Gasteiger partial charge in [0, 0.05) is 57.0 Å². The van der Waals surface area contributed by atoms with Crippen molar-refractivity contribution in [3.05, 3.63) is 59.9 Å². The molecule has 0 radical (unpaired) electrons. The van der Waals surface area contributed by atoms with Crippen LogP contribution in [0.5, 0.6) is 0 Å². The van der Waals surface area contributed by atoms with Gasteiger partial charge in [0.25, 0.3) is 0 Å². The quantitative estimate of drug-likeness (QED) is 0.572. The Balaban J connectivity index is 1.81. The van der Waals surface area contributed by atoms with E-state index in [0.717, 1.165) is 16.9 Å². The van der Waals surface area contributed by atoms with E-state index in [1.54, 1.807) is 26.4 Å². The summed E-state index contributed by atoms with van der Waals surface area (Å²) in [7, 11) is 3.40. The fourth-order valence-electron chi connectivity index (χ4n) is 4.04. The second kappa shape index (κ2) is 8.66. The lowest BCUT2D eigenvalue weighted by atomic mass is 9.85. The van der Waals surface area contributed by atoms with Crippen LogP contribution in [0.4, 0.5) is 17.2 Å². The number of amides is 2. The van der Waals surface area contributed by atoms with Crippen molar-refractivity contribution in [2.75, 3.05) is 24.7 Å². The molecule has 1 aromatic carbocycles. The van der Waals surface area contributed by atoms with Gasteiger partial charge in [0.15, 0.2) is 5.78 Å². The number of Topliss-reactive ketones (excluding diaryl/α,β-unsaturated/α-hetero) is 1. The molecule has 1 unspecified atom stereocenters. The highest BCUT2D eigenvalue weighted by Crippen LogP contribution is 2.40. The summed E-state index contributed by atoms with van der Waals surface area (Å²) in [6.45, 7) is 1.42. The highest BCUT2D eigenvalue weighted by atomic mass is 16.2. The molecule has 8 nitrogen and oxygen atoms in total. The fraction of sp³-hybridized carbons (Fsp3) is 0.250. The van der Waals surface area contributed by atoms with Crippen LogP contribution in [0.3, 0.4) is 0 Å². The number of H-pyrrole nitrogens is 1. The third kappa shape index (κ3) is 4.25. The first kappa shape index (κ1) is 21.3. The fourth-order valence-corrected chi connectivity index (χ4v) is 4.04. The summed E-state index contributed by atoms with van der Waals surface area (Å²) in [5, 5.41) is 6.07. The predicted molar refractivity (Wildman–Crippen MR) is 123 cm³/mol. The number of hydrogen-bond donors (Lipinski definition) is 3. The minimum atomic E-state index is -0.395. The van der Waals surface area contributed by atoms with Crippen LogP contribution in [0, 0.1) is 5.92 Å². The number of anilines is 3. The van der Waals surface area contributed by atoms with Gasteiger partial charge in [-0.25, -0.2) is 4.98 Å². The second-order valence-electron chi connectivity index (χ2n) is 8.09. The Morgan fingerprint density at radius 3 is 2.56 bits per heavy atom. The normalized spacial score (nSPS) is 15.1. The van der Waals surface area contributed by atoms with Gasteiger partial charge in [0.1, 0.15) is 5.82 Å². The summed E-state index contributed by atoms with van der Waals surface area (Å²) in [6.07, 6.45) is 2.22. The maximum absolute atomic E-state index is 13.2. The number of nitrogens with zero attached hydrogens (tertiary/aromatic N) is 2. The molecule has 0 bridgehead atoms. The van der Waals surface area contributed by atoms with Crippen molar-refractivity contribution < 1.29 is 14.4 Å². The maximum Gasteiger partial charge on any atom is 0.226 e. The Morgan fingerprint density at radius 1 is 1.12 bits per heavy atom. The van der Waals surface area contributed by atoms with Crippen molar-refractivity contribution in [1.82, 2.24) is 14.9 Å². The molecule has 0 saturated carbocycles. The Hall–Kier alpha value is -3.94. The number of rotatable bonds is 5. The Bertz CT molecular complexity index is 1180. The maximum atomic E-state index is 13.2. The smallest absolute Gasteiger partial charge is 0.226 e. The van der Waals surface area contributed by atoms with Crippen molar-refractivity contribution >= 4 is 34.8 Å². The highest BCUT2D eigenvalue weighted by Gasteiger charge is 2.35. The van der Waals surface area contributed by atoms with Crippen molar-refractivity contribution in [2.24, 2.45) is 5.92 Å². The summed E-state index contributed by atoms with van der Waals surface area (Å²) < 4.78 is 0. The number of ketones is 1. The Kier molecular flexibility index (Phi) is 5.77. The van der Waals surface area contributed by atoms with Gasteiger partial charge >= 0.3 is 0 Å². The van der Waals surface area contributed by atoms with Gasteiger partial charge in [0.2, 0.25) is 11.8 Å². The number of pyridine rings is 1. The zero-order valence-electron chi connectivity index (χ0n) is 18.2. The lowest BCUT2D eigenvalue weighted by Crippen LogP contribution is -2.35. The van der Waals surface area contributed by atoms with Crippen molar-refractivity contribution in [3.63, 3.8) is 0 Å². The third-order valence-electron chi connectivity index (χ3n) is 5.42. The van der Waals surface area contributed by atoms with Crippen LogP contribution in [0.15, 0.2) is 48.7 Å². The zero-order chi connectivity index (χ0) is 22.8.